The zero-order valence-corrected chi connectivity index (χ0v) is 14.7. The molecule has 1 aliphatic rings. The fourth-order valence-corrected chi connectivity index (χ4v) is 3.48. The van der Waals surface area contributed by atoms with Crippen LogP contribution in [0.1, 0.15) is 33.1 Å². The van der Waals surface area contributed by atoms with Gasteiger partial charge in [-0.3, -0.25) is 9.69 Å². The number of nitrogens with one attached hydrogen (secondary N) is 1. The Kier molecular flexibility index (Phi) is 8.13. The normalized spacial score (nSPS) is 28.1. The van der Waals surface area contributed by atoms with Gasteiger partial charge in [0.1, 0.15) is 17.6 Å². The molecule has 7 heteroatoms. The molecule has 0 aromatic heterocycles. The van der Waals surface area contributed by atoms with Crippen LogP contribution in [0, 0.1) is 5.92 Å². The van der Waals surface area contributed by atoms with Crippen molar-refractivity contribution in [3.05, 3.63) is 0 Å². The largest absolute Gasteiger partial charge is 0.388 e. The summed E-state index contributed by atoms with van der Waals surface area (Å²) in [5.41, 5.74) is -1.07. The minimum absolute atomic E-state index is 0.126. The van der Waals surface area contributed by atoms with Gasteiger partial charge in [-0.1, -0.05) is 13.3 Å². The number of aliphatic hydroxyl groups is 3. The highest BCUT2D eigenvalue weighted by atomic mass is 32.2. The van der Waals surface area contributed by atoms with Crippen LogP contribution in [0.4, 0.5) is 0 Å². The summed E-state index contributed by atoms with van der Waals surface area (Å²) in [7, 11) is 1.94. The molecule has 1 amide bonds. The lowest BCUT2D eigenvalue weighted by atomic mass is 9.99. The number of carbonyl (C=O) groups is 1. The van der Waals surface area contributed by atoms with E-state index < -0.39 is 23.7 Å². The van der Waals surface area contributed by atoms with E-state index in [0.29, 0.717) is 5.92 Å². The summed E-state index contributed by atoms with van der Waals surface area (Å²) in [5.74, 6) is 0.411. The molecule has 22 heavy (non-hydrogen) atoms. The van der Waals surface area contributed by atoms with Gasteiger partial charge in [0, 0.05) is 6.54 Å². The highest BCUT2D eigenvalue weighted by Gasteiger charge is 2.36. The van der Waals surface area contributed by atoms with Gasteiger partial charge >= 0.3 is 0 Å². The topological polar surface area (TPSA) is 93.0 Å². The average molecular weight is 334 g/mol. The van der Waals surface area contributed by atoms with Crippen LogP contribution in [-0.4, -0.2) is 75.7 Å². The molecule has 0 aliphatic carbocycles. The summed E-state index contributed by atoms with van der Waals surface area (Å²) in [6.45, 7) is 4.69. The maximum Gasteiger partial charge on any atom is 0.237 e. The van der Waals surface area contributed by atoms with E-state index in [1.807, 2.05) is 11.9 Å². The van der Waals surface area contributed by atoms with Crippen molar-refractivity contribution < 1.29 is 20.1 Å². The summed E-state index contributed by atoms with van der Waals surface area (Å²) in [6.07, 6.45) is 2.20. The van der Waals surface area contributed by atoms with Crippen LogP contribution in [-0.2, 0) is 4.79 Å². The van der Waals surface area contributed by atoms with Gasteiger partial charge in [-0.2, -0.15) is 0 Å². The number of thioether (sulfide) groups is 1. The molecule has 0 saturated carbocycles. The Balaban J connectivity index is 2.53. The lowest BCUT2D eigenvalue weighted by molar-refractivity contribution is -0.127. The number of amides is 1. The van der Waals surface area contributed by atoms with Crippen molar-refractivity contribution in [2.75, 3.05) is 19.8 Å². The van der Waals surface area contributed by atoms with Gasteiger partial charge in [-0.15, -0.1) is 11.8 Å². The Hall–Kier alpha value is -0.340. The second-order valence-corrected chi connectivity index (χ2v) is 7.20. The predicted octanol–water partition coefficient (Wildman–Crippen LogP) is 0.0147. The van der Waals surface area contributed by atoms with Crippen molar-refractivity contribution in [3.63, 3.8) is 0 Å². The smallest absolute Gasteiger partial charge is 0.237 e. The SMILES string of the molecule is CCC[C@@H]1C[C@@H](C(=O)NC(C)[C@H](O)[C@@H](O)C(O)SC)N(C)C1. The lowest BCUT2D eigenvalue weighted by Crippen LogP contribution is -2.53. The van der Waals surface area contributed by atoms with Crippen molar-refractivity contribution in [1.29, 1.82) is 0 Å². The van der Waals surface area contributed by atoms with E-state index in [9.17, 15) is 20.1 Å². The van der Waals surface area contributed by atoms with Gasteiger partial charge in [0.25, 0.3) is 0 Å². The molecule has 0 radical (unpaired) electrons. The third-order valence-electron chi connectivity index (χ3n) is 4.40. The monoisotopic (exact) mass is 334 g/mol. The molecule has 0 aromatic rings. The van der Waals surface area contributed by atoms with Crippen LogP contribution in [0.2, 0.25) is 0 Å². The first-order chi connectivity index (χ1) is 10.3. The molecule has 6 atom stereocenters. The third-order valence-corrected chi connectivity index (χ3v) is 5.16. The Morgan fingerprint density at radius 3 is 2.55 bits per heavy atom. The van der Waals surface area contributed by atoms with Crippen LogP contribution in [0.15, 0.2) is 0 Å². The van der Waals surface area contributed by atoms with Crippen molar-refractivity contribution >= 4 is 17.7 Å². The van der Waals surface area contributed by atoms with E-state index in [0.717, 1.165) is 37.6 Å². The molecule has 0 spiro atoms. The number of nitrogens with zero attached hydrogens (tertiary/aromatic N) is 1. The zero-order valence-electron chi connectivity index (χ0n) is 13.9. The molecule has 1 fully saturated rings. The fourth-order valence-electron chi connectivity index (χ4n) is 3.04. The van der Waals surface area contributed by atoms with Crippen LogP contribution in [0.25, 0.3) is 0 Å². The number of rotatable bonds is 8. The summed E-state index contributed by atoms with van der Waals surface area (Å²) in [6, 6.07) is -0.809. The number of likely N-dealkylation sites (N-methyl/N-ethyl adjacent to an activating group) is 1. The van der Waals surface area contributed by atoms with E-state index in [4.69, 9.17) is 0 Å². The second kappa shape index (κ2) is 9.08. The lowest BCUT2D eigenvalue weighted by Gasteiger charge is -2.28. The van der Waals surface area contributed by atoms with Crippen LogP contribution >= 0.6 is 11.8 Å². The first kappa shape index (κ1) is 19.7. The van der Waals surface area contributed by atoms with Gasteiger partial charge < -0.3 is 20.6 Å². The molecule has 1 heterocycles. The van der Waals surface area contributed by atoms with Gasteiger partial charge in [0.05, 0.1) is 12.1 Å². The summed E-state index contributed by atoms with van der Waals surface area (Å²) in [5, 5.41) is 32.2. The van der Waals surface area contributed by atoms with Gasteiger partial charge in [-0.25, -0.2) is 0 Å². The van der Waals surface area contributed by atoms with E-state index in [1.165, 1.54) is 0 Å². The maximum absolute atomic E-state index is 12.4. The zero-order chi connectivity index (χ0) is 16.9. The van der Waals surface area contributed by atoms with E-state index in [-0.39, 0.29) is 11.9 Å². The van der Waals surface area contributed by atoms with Gasteiger partial charge in [0.15, 0.2) is 0 Å². The highest BCUT2D eigenvalue weighted by Crippen LogP contribution is 2.25. The second-order valence-electron chi connectivity index (χ2n) is 6.25. The van der Waals surface area contributed by atoms with Crippen molar-refractivity contribution in [1.82, 2.24) is 10.2 Å². The fraction of sp³-hybridized carbons (Fsp3) is 0.933. The Morgan fingerprint density at radius 1 is 1.36 bits per heavy atom. The molecule has 1 rings (SSSR count). The number of likely N-dealkylation sites (tertiary alicyclic amines) is 1. The Morgan fingerprint density at radius 2 is 2.00 bits per heavy atom. The third kappa shape index (κ3) is 5.09. The molecule has 130 valence electrons. The van der Waals surface area contributed by atoms with Gasteiger partial charge in [0.2, 0.25) is 5.91 Å². The predicted molar refractivity (Wildman–Crippen MR) is 88.6 cm³/mol. The van der Waals surface area contributed by atoms with Crippen molar-refractivity contribution in [2.45, 2.75) is 62.8 Å². The molecule has 6 nitrogen and oxygen atoms in total. The first-order valence-corrected chi connectivity index (χ1v) is 9.18. The number of hydrogen-bond acceptors (Lipinski definition) is 6. The first-order valence-electron chi connectivity index (χ1n) is 7.89. The summed E-state index contributed by atoms with van der Waals surface area (Å²) >= 11 is 1.05. The van der Waals surface area contributed by atoms with E-state index in [1.54, 1.807) is 13.2 Å². The molecule has 1 saturated heterocycles. The van der Waals surface area contributed by atoms with Crippen molar-refractivity contribution in [2.24, 2.45) is 5.92 Å². The highest BCUT2D eigenvalue weighted by molar-refractivity contribution is 7.99. The summed E-state index contributed by atoms with van der Waals surface area (Å²) < 4.78 is 0. The minimum atomic E-state index is -1.29. The van der Waals surface area contributed by atoms with Crippen LogP contribution in [0.5, 0.6) is 0 Å². The van der Waals surface area contributed by atoms with E-state index in [2.05, 4.69) is 12.2 Å². The number of carbonyl (C=O) groups excluding carboxylic acids is 1. The van der Waals surface area contributed by atoms with E-state index >= 15 is 0 Å². The van der Waals surface area contributed by atoms with Crippen LogP contribution < -0.4 is 5.32 Å². The summed E-state index contributed by atoms with van der Waals surface area (Å²) in [4.78, 5) is 14.4. The molecule has 4 N–H and O–H groups in total. The molecule has 2 unspecified atom stereocenters. The van der Waals surface area contributed by atoms with Gasteiger partial charge in [-0.05, 0) is 39.0 Å². The Labute approximate surface area is 137 Å². The standard InChI is InChI=1S/C15H30N2O4S/c1-5-6-10-7-11(17(3)8-10)14(20)16-9(2)12(18)13(19)15(21)22-4/h9-13,15,18-19,21H,5-8H2,1-4H3,(H,16,20)/t9?,10-,11+,12+,13-,15?/m1/s1. The quantitative estimate of drug-likeness (QED) is 0.468. The number of aliphatic hydroxyl groups excluding tert-OH is 3. The molecule has 0 bridgehead atoms. The average Bonchev–Trinajstić information content (AvgIpc) is 2.85. The minimum Gasteiger partial charge on any atom is -0.388 e. The van der Waals surface area contributed by atoms with Crippen LogP contribution in [0.3, 0.4) is 0 Å². The Bertz CT molecular complexity index is 358. The maximum atomic E-state index is 12.4. The molecular formula is C15H30N2O4S. The number of hydrogen-bond donors (Lipinski definition) is 4. The van der Waals surface area contributed by atoms with Crippen molar-refractivity contribution in [3.8, 4) is 0 Å². The molecular weight excluding hydrogens is 304 g/mol. The molecule has 1 aliphatic heterocycles. The molecule has 0 aromatic carbocycles.